The zero-order chi connectivity index (χ0) is 10.7. The summed E-state index contributed by atoms with van der Waals surface area (Å²) in [5.74, 6) is 0.900. The molecule has 0 fully saturated rings. The van der Waals surface area contributed by atoms with Crippen LogP contribution in [0.5, 0.6) is 5.75 Å². The van der Waals surface area contributed by atoms with E-state index in [0.717, 1.165) is 16.9 Å². The highest BCUT2D eigenvalue weighted by molar-refractivity contribution is 5.43. The number of rotatable bonds is 3. The molecule has 1 aromatic rings. The number of hydrogen-bond donors (Lipinski definition) is 1. The predicted octanol–water partition coefficient (Wildman–Crippen LogP) is 2.37. The lowest BCUT2D eigenvalue weighted by molar-refractivity contribution is 0.128. The van der Waals surface area contributed by atoms with Gasteiger partial charge in [-0.1, -0.05) is 17.7 Å². The summed E-state index contributed by atoms with van der Waals surface area (Å²) in [5.41, 5.74) is 3.50. The van der Waals surface area contributed by atoms with E-state index in [9.17, 15) is 0 Å². The van der Waals surface area contributed by atoms with Gasteiger partial charge in [0, 0.05) is 0 Å². The fraction of sp³-hybridized carbons (Fsp3) is 0.500. The smallest absolute Gasteiger partial charge is 0.125 e. The molecular weight excluding hydrogens is 176 g/mol. The van der Waals surface area contributed by atoms with Gasteiger partial charge in [0.2, 0.25) is 0 Å². The van der Waals surface area contributed by atoms with Gasteiger partial charge in [-0.3, -0.25) is 0 Å². The van der Waals surface area contributed by atoms with Crippen LogP contribution in [0.1, 0.15) is 23.6 Å². The van der Waals surface area contributed by atoms with Crippen LogP contribution in [-0.2, 0) is 0 Å². The summed E-state index contributed by atoms with van der Waals surface area (Å²) in [5, 5.41) is 8.91. The minimum atomic E-state index is -0.143. The quantitative estimate of drug-likeness (QED) is 0.800. The number of aliphatic hydroxyl groups is 1. The Kier molecular flexibility index (Phi) is 3.53. The fourth-order valence-corrected chi connectivity index (χ4v) is 1.59. The largest absolute Gasteiger partial charge is 0.488 e. The Bertz CT molecular complexity index is 295. The van der Waals surface area contributed by atoms with Crippen LogP contribution >= 0.6 is 0 Å². The van der Waals surface area contributed by atoms with Crippen LogP contribution in [0, 0.1) is 20.8 Å². The summed E-state index contributed by atoms with van der Waals surface area (Å²) in [4.78, 5) is 0. The molecule has 0 aliphatic heterocycles. The Morgan fingerprint density at radius 1 is 1.21 bits per heavy atom. The van der Waals surface area contributed by atoms with Crippen molar-refractivity contribution < 1.29 is 9.84 Å². The number of hydrogen-bond acceptors (Lipinski definition) is 2. The zero-order valence-electron chi connectivity index (χ0n) is 9.29. The molecule has 1 unspecified atom stereocenters. The summed E-state index contributed by atoms with van der Waals surface area (Å²) in [6.07, 6.45) is -0.143. The van der Waals surface area contributed by atoms with Crippen LogP contribution in [0.4, 0.5) is 0 Å². The van der Waals surface area contributed by atoms with Crippen molar-refractivity contribution in [2.75, 3.05) is 6.61 Å². The summed E-state index contributed by atoms with van der Waals surface area (Å²) < 4.78 is 5.63. The molecule has 0 aliphatic rings. The number of ether oxygens (including phenoxy) is 1. The SMILES string of the molecule is Cc1cc(C)c(OC(C)CO)c(C)c1. The highest BCUT2D eigenvalue weighted by atomic mass is 16.5. The number of aliphatic hydroxyl groups excluding tert-OH is 1. The lowest BCUT2D eigenvalue weighted by atomic mass is 10.1. The lowest BCUT2D eigenvalue weighted by Crippen LogP contribution is -2.17. The van der Waals surface area contributed by atoms with Gasteiger partial charge in [-0.2, -0.15) is 0 Å². The zero-order valence-corrected chi connectivity index (χ0v) is 9.29. The van der Waals surface area contributed by atoms with Crippen molar-refractivity contribution in [3.63, 3.8) is 0 Å². The summed E-state index contributed by atoms with van der Waals surface area (Å²) in [6.45, 7) is 8.03. The van der Waals surface area contributed by atoms with E-state index in [-0.39, 0.29) is 12.7 Å². The molecule has 14 heavy (non-hydrogen) atoms. The van der Waals surface area contributed by atoms with Crippen molar-refractivity contribution in [3.05, 3.63) is 28.8 Å². The first kappa shape index (κ1) is 11.1. The van der Waals surface area contributed by atoms with Gasteiger partial charge in [-0.05, 0) is 38.8 Å². The molecule has 0 aliphatic carbocycles. The van der Waals surface area contributed by atoms with E-state index in [4.69, 9.17) is 9.84 Å². The van der Waals surface area contributed by atoms with Crippen molar-refractivity contribution in [1.82, 2.24) is 0 Å². The standard InChI is InChI=1S/C12H18O2/c1-8-5-9(2)12(10(3)6-8)14-11(4)7-13/h5-6,11,13H,7H2,1-4H3. The Hall–Kier alpha value is -1.02. The third-order valence-corrected chi connectivity index (χ3v) is 2.18. The van der Waals surface area contributed by atoms with Gasteiger partial charge in [0.05, 0.1) is 6.61 Å². The Morgan fingerprint density at radius 3 is 2.14 bits per heavy atom. The second kappa shape index (κ2) is 4.47. The third-order valence-electron chi connectivity index (χ3n) is 2.18. The van der Waals surface area contributed by atoms with Crippen molar-refractivity contribution in [1.29, 1.82) is 0 Å². The van der Waals surface area contributed by atoms with Crippen LogP contribution in [0.3, 0.4) is 0 Å². The molecule has 0 spiro atoms. The van der Waals surface area contributed by atoms with Gasteiger partial charge in [-0.15, -0.1) is 0 Å². The second-order valence-electron chi connectivity index (χ2n) is 3.84. The van der Waals surface area contributed by atoms with Crippen LogP contribution in [0.2, 0.25) is 0 Å². The second-order valence-corrected chi connectivity index (χ2v) is 3.84. The molecule has 1 rings (SSSR count). The van der Waals surface area contributed by atoms with E-state index < -0.39 is 0 Å². The lowest BCUT2D eigenvalue weighted by Gasteiger charge is -2.17. The maximum absolute atomic E-state index is 8.91. The minimum absolute atomic E-state index is 0.0484. The average Bonchev–Trinajstić information content (AvgIpc) is 2.10. The molecule has 0 heterocycles. The van der Waals surface area contributed by atoms with Gasteiger partial charge >= 0.3 is 0 Å². The van der Waals surface area contributed by atoms with Gasteiger partial charge in [0.1, 0.15) is 11.9 Å². The summed E-state index contributed by atoms with van der Waals surface area (Å²) >= 11 is 0. The predicted molar refractivity (Wildman–Crippen MR) is 57.8 cm³/mol. The summed E-state index contributed by atoms with van der Waals surface area (Å²) in [6, 6.07) is 4.18. The van der Waals surface area contributed by atoms with Gasteiger partial charge in [0.15, 0.2) is 0 Å². The van der Waals surface area contributed by atoms with Crippen molar-refractivity contribution in [3.8, 4) is 5.75 Å². The Morgan fingerprint density at radius 2 is 1.71 bits per heavy atom. The van der Waals surface area contributed by atoms with Crippen molar-refractivity contribution in [2.24, 2.45) is 0 Å². The maximum atomic E-state index is 8.91. The van der Waals surface area contributed by atoms with E-state index in [1.54, 1.807) is 0 Å². The van der Waals surface area contributed by atoms with E-state index in [0.29, 0.717) is 0 Å². The molecule has 0 amide bonds. The molecular formula is C12H18O2. The molecule has 78 valence electrons. The van der Waals surface area contributed by atoms with Crippen molar-refractivity contribution >= 4 is 0 Å². The van der Waals surface area contributed by atoms with Crippen LogP contribution in [0.15, 0.2) is 12.1 Å². The molecule has 0 saturated carbocycles. The first-order valence-electron chi connectivity index (χ1n) is 4.90. The van der Waals surface area contributed by atoms with Crippen LogP contribution < -0.4 is 4.74 Å². The highest BCUT2D eigenvalue weighted by Gasteiger charge is 2.08. The Labute approximate surface area is 85.5 Å². The monoisotopic (exact) mass is 194 g/mol. The van der Waals surface area contributed by atoms with Gasteiger partial charge < -0.3 is 9.84 Å². The number of aryl methyl sites for hydroxylation is 3. The topological polar surface area (TPSA) is 29.5 Å². The molecule has 2 nitrogen and oxygen atoms in total. The molecule has 1 atom stereocenters. The highest BCUT2D eigenvalue weighted by Crippen LogP contribution is 2.25. The van der Waals surface area contributed by atoms with Gasteiger partial charge in [0.25, 0.3) is 0 Å². The van der Waals surface area contributed by atoms with Crippen LogP contribution in [-0.4, -0.2) is 17.8 Å². The molecule has 0 radical (unpaired) electrons. The normalized spacial score (nSPS) is 12.6. The molecule has 0 bridgehead atoms. The van der Waals surface area contributed by atoms with E-state index in [2.05, 4.69) is 19.1 Å². The maximum Gasteiger partial charge on any atom is 0.125 e. The molecule has 0 aromatic heterocycles. The third kappa shape index (κ3) is 2.48. The number of benzene rings is 1. The Balaban J connectivity index is 2.96. The first-order chi connectivity index (χ1) is 6.54. The van der Waals surface area contributed by atoms with E-state index in [1.807, 2.05) is 20.8 Å². The van der Waals surface area contributed by atoms with E-state index in [1.165, 1.54) is 5.56 Å². The summed E-state index contributed by atoms with van der Waals surface area (Å²) in [7, 11) is 0. The molecule has 1 N–H and O–H groups in total. The minimum Gasteiger partial charge on any atom is -0.488 e. The first-order valence-corrected chi connectivity index (χ1v) is 4.90. The molecule has 2 heteroatoms. The fourth-order valence-electron chi connectivity index (χ4n) is 1.59. The van der Waals surface area contributed by atoms with Crippen molar-refractivity contribution in [2.45, 2.75) is 33.8 Å². The average molecular weight is 194 g/mol. The molecule has 1 aromatic carbocycles. The van der Waals surface area contributed by atoms with Gasteiger partial charge in [-0.25, -0.2) is 0 Å². The van der Waals surface area contributed by atoms with E-state index >= 15 is 0 Å². The molecule has 0 saturated heterocycles. The van der Waals surface area contributed by atoms with Crippen LogP contribution in [0.25, 0.3) is 0 Å².